The minimum Gasteiger partial charge on any atom is -0.400 e. The number of nitrogens with zero attached hydrogens (tertiary/aromatic N) is 1. The number of carbonyl (C=O) groups is 4. The summed E-state index contributed by atoms with van der Waals surface area (Å²) in [6.07, 6.45) is 8.81. The first-order valence-electron chi connectivity index (χ1n) is 14.0. The van der Waals surface area contributed by atoms with Crippen LogP contribution in [0.3, 0.4) is 0 Å². The minimum atomic E-state index is -0.331. The van der Waals surface area contributed by atoms with Crippen molar-refractivity contribution in [2.24, 2.45) is 16.9 Å². The highest BCUT2D eigenvalue weighted by atomic mass is 16.2. The van der Waals surface area contributed by atoms with E-state index in [2.05, 4.69) is 36.7 Å². The van der Waals surface area contributed by atoms with E-state index in [4.69, 9.17) is 15.6 Å². The molecule has 38 heavy (non-hydrogen) atoms. The molecule has 0 spiro atoms. The van der Waals surface area contributed by atoms with Crippen molar-refractivity contribution >= 4 is 24.8 Å². The molecule has 1 fully saturated rings. The Labute approximate surface area is 236 Å². The molecule has 1 aliphatic heterocycles. The van der Waals surface area contributed by atoms with Crippen LogP contribution < -0.4 is 16.8 Å². The van der Waals surface area contributed by atoms with E-state index < -0.39 is 0 Å². The Morgan fingerprint density at radius 3 is 1.61 bits per heavy atom. The maximum absolute atomic E-state index is 10.8. The number of nitrogens with one attached hydrogen (secondary N) is 1. The van der Waals surface area contributed by atoms with Gasteiger partial charge >= 0.3 is 0 Å². The van der Waals surface area contributed by atoms with Gasteiger partial charge in [-0.1, -0.05) is 88.5 Å². The molecule has 3 unspecified atom stereocenters. The minimum absolute atomic E-state index is 0.0816. The Morgan fingerprint density at radius 2 is 1.47 bits per heavy atom. The Hall–Kier alpha value is -1.68. The number of amides is 1. The molecule has 0 bridgehead atoms. The SMILES string of the molecule is CC.CC.CC(C)(C)C(N)C=O.CCC.CCCCC(NC)C(C)=O.CN1CCCC1C=O.CO.NC=O. The third-order valence-corrected chi connectivity index (χ3v) is 4.57. The fourth-order valence-electron chi connectivity index (χ4n) is 2.27. The standard InChI is InChI=1S/C8H17NO.C6H11NO.C6H13NO.C3H8.2C2H6.CH3NO.CH4O/c1-4-5-6-8(9-3)7(2)10;1-7-4-2-3-6(7)5-8;1-6(2,3)5(7)4-8;1-3-2;2*1-2;2-1-3;1-2/h8-9H,4-6H2,1-3H3;5-6H,2-4H2,1H3;4-5H,7H2,1-3H3;3H2,1-2H3;2*1-2H3;1H,(H2,2,3);2H,1H3. The molecule has 9 heteroatoms. The quantitative estimate of drug-likeness (QED) is 0.339. The molecule has 0 aromatic heterocycles. The first kappa shape index (κ1) is 52.7. The van der Waals surface area contributed by atoms with Crippen LogP contribution in [0.4, 0.5) is 0 Å². The fraction of sp³-hybridized carbons (Fsp3) is 0.862. The van der Waals surface area contributed by atoms with E-state index in [1.54, 1.807) is 6.92 Å². The Balaban J connectivity index is -0.0000000632. The third-order valence-electron chi connectivity index (χ3n) is 4.57. The van der Waals surface area contributed by atoms with Gasteiger partial charge in [0.05, 0.1) is 18.1 Å². The summed E-state index contributed by atoms with van der Waals surface area (Å²) in [6, 6.07) is -0.0301. The van der Waals surface area contributed by atoms with E-state index in [0.29, 0.717) is 0 Å². The number of hydrogen-bond acceptors (Lipinski definition) is 8. The van der Waals surface area contributed by atoms with Gasteiger partial charge in [-0.05, 0) is 52.2 Å². The molecule has 0 saturated carbocycles. The lowest BCUT2D eigenvalue weighted by Crippen LogP contribution is -2.36. The lowest BCUT2D eigenvalue weighted by atomic mass is 9.89. The summed E-state index contributed by atoms with van der Waals surface area (Å²) < 4.78 is 0. The van der Waals surface area contributed by atoms with Crippen molar-refractivity contribution in [3.63, 3.8) is 0 Å². The topological polar surface area (TPSA) is 156 Å². The third kappa shape index (κ3) is 47.5. The highest BCUT2D eigenvalue weighted by Gasteiger charge is 2.19. The molecule has 1 saturated heterocycles. The first-order chi connectivity index (χ1) is 17.9. The zero-order valence-corrected chi connectivity index (χ0v) is 27.6. The van der Waals surface area contributed by atoms with Gasteiger partial charge in [-0.3, -0.25) is 14.5 Å². The summed E-state index contributed by atoms with van der Waals surface area (Å²) >= 11 is 0. The molecule has 1 amide bonds. The number of nitrogens with two attached hydrogens (primary N) is 2. The van der Waals surface area contributed by atoms with Gasteiger partial charge in [0, 0.05) is 7.11 Å². The number of carbonyl (C=O) groups excluding carboxylic acids is 4. The van der Waals surface area contributed by atoms with E-state index in [9.17, 15) is 14.4 Å². The van der Waals surface area contributed by atoms with Crippen molar-refractivity contribution in [3.05, 3.63) is 0 Å². The molecule has 1 aliphatic rings. The summed E-state index contributed by atoms with van der Waals surface area (Å²) in [4.78, 5) is 41.7. The molecule has 0 aliphatic carbocycles. The lowest BCUT2D eigenvalue weighted by Gasteiger charge is -2.20. The summed E-state index contributed by atoms with van der Waals surface area (Å²) in [5.74, 6) is 0.246. The van der Waals surface area contributed by atoms with Crippen molar-refractivity contribution in [1.82, 2.24) is 10.2 Å². The second kappa shape index (κ2) is 45.3. The molecule has 0 aromatic carbocycles. The molecular formula is C29H68N4O5. The average Bonchev–Trinajstić information content (AvgIpc) is 3.33. The van der Waals surface area contributed by atoms with Gasteiger partial charge in [-0.15, -0.1) is 0 Å². The number of likely N-dealkylation sites (N-methyl/N-ethyl adjacent to an activating group) is 2. The molecule has 6 N–H and O–H groups in total. The summed E-state index contributed by atoms with van der Waals surface area (Å²) in [5.41, 5.74) is 9.47. The molecular weight excluding hydrogens is 484 g/mol. The van der Waals surface area contributed by atoms with Crippen molar-refractivity contribution in [2.45, 2.75) is 133 Å². The second-order valence-electron chi connectivity index (χ2n) is 8.79. The number of primary amides is 1. The van der Waals surface area contributed by atoms with Crippen LogP contribution in [-0.4, -0.2) is 80.6 Å². The van der Waals surface area contributed by atoms with Gasteiger partial charge in [0.15, 0.2) is 0 Å². The van der Waals surface area contributed by atoms with Crippen LogP contribution in [0.5, 0.6) is 0 Å². The highest BCUT2D eigenvalue weighted by Crippen LogP contribution is 2.14. The van der Waals surface area contributed by atoms with Crippen LogP contribution in [0.25, 0.3) is 0 Å². The Bertz CT molecular complexity index is 453. The van der Waals surface area contributed by atoms with E-state index >= 15 is 0 Å². The van der Waals surface area contributed by atoms with Crippen molar-refractivity contribution in [3.8, 4) is 0 Å². The summed E-state index contributed by atoms with van der Waals surface area (Å²) in [6.45, 7) is 22.9. The number of likely N-dealkylation sites (tertiary alicyclic amines) is 1. The number of rotatable bonds is 7. The Kier molecular flexibility index (Phi) is 62.8. The molecule has 234 valence electrons. The number of hydrogen-bond donors (Lipinski definition) is 4. The number of unbranched alkanes of at least 4 members (excludes halogenated alkanes) is 1. The summed E-state index contributed by atoms with van der Waals surface area (Å²) in [7, 11) is 4.83. The maximum atomic E-state index is 10.8. The van der Waals surface area contributed by atoms with E-state index in [1.807, 2.05) is 62.6 Å². The van der Waals surface area contributed by atoms with Crippen molar-refractivity contribution < 1.29 is 24.3 Å². The number of aliphatic hydroxyl groups is 1. The van der Waals surface area contributed by atoms with Crippen molar-refractivity contribution in [1.29, 1.82) is 0 Å². The fourth-order valence-corrected chi connectivity index (χ4v) is 2.27. The van der Waals surface area contributed by atoms with Gasteiger partial charge < -0.3 is 31.5 Å². The van der Waals surface area contributed by atoms with Crippen LogP contribution in [0.2, 0.25) is 0 Å². The van der Waals surface area contributed by atoms with Gasteiger partial charge in [0.1, 0.15) is 18.4 Å². The monoisotopic (exact) mass is 553 g/mol. The molecule has 0 aromatic rings. The van der Waals surface area contributed by atoms with E-state index in [-0.39, 0.29) is 35.7 Å². The number of Topliss-reactive ketones (excluding diaryl/α,β-unsaturated/α-hetero) is 1. The van der Waals surface area contributed by atoms with Crippen LogP contribution >= 0.6 is 0 Å². The predicted molar refractivity (Wildman–Crippen MR) is 165 cm³/mol. The van der Waals surface area contributed by atoms with Gasteiger partial charge in [-0.25, -0.2) is 0 Å². The van der Waals surface area contributed by atoms with Gasteiger partial charge in [0.2, 0.25) is 6.41 Å². The zero-order valence-electron chi connectivity index (χ0n) is 27.6. The molecule has 0 radical (unpaired) electrons. The lowest BCUT2D eigenvalue weighted by molar-refractivity contribution is -0.119. The number of aldehydes is 2. The molecule has 1 heterocycles. The van der Waals surface area contributed by atoms with Crippen LogP contribution in [0.1, 0.15) is 115 Å². The average molecular weight is 553 g/mol. The van der Waals surface area contributed by atoms with Gasteiger partial charge in [-0.2, -0.15) is 0 Å². The maximum Gasteiger partial charge on any atom is 0.204 e. The molecule has 3 atom stereocenters. The number of aliphatic hydroxyl groups excluding tert-OH is 1. The van der Waals surface area contributed by atoms with Crippen LogP contribution in [0.15, 0.2) is 0 Å². The van der Waals surface area contributed by atoms with E-state index in [1.165, 1.54) is 12.8 Å². The van der Waals surface area contributed by atoms with Crippen molar-refractivity contribution in [2.75, 3.05) is 27.7 Å². The smallest absolute Gasteiger partial charge is 0.204 e. The Morgan fingerprint density at radius 1 is 1.08 bits per heavy atom. The van der Waals surface area contributed by atoms with E-state index in [0.717, 1.165) is 51.9 Å². The highest BCUT2D eigenvalue weighted by molar-refractivity contribution is 5.81. The predicted octanol–water partition coefficient (Wildman–Crippen LogP) is 4.37. The van der Waals surface area contributed by atoms with Crippen LogP contribution in [0, 0.1) is 5.41 Å². The second-order valence-corrected chi connectivity index (χ2v) is 8.79. The van der Waals surface area contributed by atoms with Crippen LogP contribution in [-0.2, 0) is 19.2 Å². The normalized spacial score (nSPS) is 14.5. The first-order valence-corrected chi connectivity index (χ1v) is 14.0. The molecule has 9 nitrogen and oxygen atoms in total. The largest absolute Gasteiger partial charge is 0.400 e. The zero-order chi connectivity index (χ0) is 32.2. The summed E-state index contributed by atoms with van der Waals surface area (Å²) in [5, 5.41) is 9.99. The number of ketones is 1. The molecule has 1 rings (SSSR count). The van der Waals surface area contributed by atoms with Gasteiger partial charge in [0.25, 0.3) is 0 Å².